The quantitative estimate of drug-likeness (QED) is 0.0275. The van der Waals surface area contributed by atoms with E-state index in [1.54, 1.807) is 39.9 Å². The number of rotatable bonds is 21. The van der Waals surface area contributed by atoms with Crippen molar-refractivity contribution in [2.75, 3.05) is 39.7 Å². The lowest BCUT2D eigenvalue weighted by Gasteiger charge is -2.48. The topological polar surface area (TPSA) is 560 Å². The molecule has 7 aliphatic rings. The minimum atomic E-state index is -2.39. The van der Waals surface area contributed by atoms with Crippen LogP contribution in [0.3, 0.4) is 0 Å². The number of halogens is 2. The number of hydrogen-bond acceptors (Lipinski definition) is 29. The number of carbonyl (C=O) groups excluding carboxylic acids is 11. The molecule has 7 aliphatic heterocycles. The van der Waals surface area contributed by atoms with E-state index in [0.717, 1.165) is 66.7 Å². The van der Waals surface area contributed by atoms with Crippen LogP contribution in [0.5, 0.6) is 46.0 Å². The molecule has 2 saturated heterocycles. The van der Waals surface area contributed by atoms with Gasteiger partial charge in [-0.25, -0.2) is 4.79 Å². The summed E-state index contributed by atoms with van der Waals surface area (Å²) in [6.07, 6.45) is -17.5. The van der Waals surface area contributed by atoms with Crippen molar-refractivity contribution in [3.05, 3.63) is 147 Å². The van der Waals surface area contributed by atoms with Gasteiger partial charge in [-0.2, -0.15) is 0 Å². The summed E-state index contributed by atoms with van der Waals surface area (Å²) < 4.78 is 44.4. The summed E-state index contributed by atoms with van der Waals surface area (Å²) in [6, 6.07) is 4.87. The fourth-order valence-electron chi connectivity index (χ4n) is 14.4. The number of esters is 1. The van der Waals surface area contributed by atoms with Gasteiger partial charge in [-0.3, -0.25) is 43.3 Å². The fraction of sp³-hybridized carbons (Fsp3) is 0.412. The third-order valence-corrected chi connectivity index (χ3v) is 21.5. The second-order valence-electron chi connectivity index (χ2n) is 30.2. The van der Waals surface area contributed by atoms with Crippen molar-refractivity contribution in [1.82, 2.24) is 42.1 Å². The number of aliphatic hydroxyl groups is 6. The van der Waals surface area contributed by atoms with E-state index in [0.29, 0.717) is 18.1 Å². The number of aliphatic hydroxyl groups excluding tert-OH is 6. The van der Waals surface area contributed by atoms with Crippen LogP contribution in [-0.2, 0) is 78.1 Å². The zero-order chi connectivity index (χ0) is 86.5. The molecular formula is C80H90Cl2N10O27. The van der Waals surface area contributed by atoms with Crippen molar-refractivity contribution in [2.45, 2.75) is 163 Å². The average molecular weight is 1690 g/mol. The molecule has 6 aromatic rings. The molecule has 0 spiro atoms. The molecule has 119 heavy (non-hydrogen) atoms. The van der Waals surface area contributed by atoms with Gasteiger partial charge in [-0.1, -0.05) is 67.4 Å². The lowest BCUT2D eigenvalue weighted by Crippen LogP contribution is -2.65. The first-order chi connectivity index (χ1) is 56.4. The number of likely N-dealkylation sites (N-methyl/N-ethyl adjacent to an activating group) is 2. The number of aldehydes is 2. The monoisotopic (exact) mass is 1690 g/mol. The van der Waals surface area contributed by atoms with Crippen LogP contribution in [0.1, 0.15) is 111 Å². The number of primary amides is 1. The molecule has 0 aliphatic carbocycles. The molecule has 0 radical (unpaired) electrons. The lowest BCUT2D eigenvalue weighted by atomic mass is 9.85. The number of anilines is 1. The van der Waals surface area contributed by atoms with Gasteiger partial charge < -0.3 is 137 Å². The Hall–Kier alpha value is -11.2. The molecule has 11 bridgehead atoms. The standard InChI is InChI=1S/C80H90Cl2N10O27/c1-33(2)18-48(92(6)7)73(107)90-63-65(101)38-11-16-51(45(81)21-38)115-53-23-40-24-54(69(53)119-79-70(68(104)67(103)55(31-95)117-79)118-58-28-80(4,84-5)71(105)34(3)114-58)116-52-17-12-39(22-46(52)82)66(102)64-77(111)89-62(78(112)113-32-57(100)85-41-13-8-35(9-14-41)19-36(29-93)30-94)44-25-42(96)26-50(98)59(44)43-20-37(10-15-49(43)97)60(74(108)91-64)88-75(109)61(40)87-72(106)47(27-56(83)99)86-76(63)110/h8-17,20-26,29-30,33-34,36,47-48,55,58,60-68,70-71,79,84,95-98,101-105H,18-19,27-28,31-32H2,1-7H3,(H2,83,99)(H,85,100)(H,86,110)(H,87,106)(H,88,109)(H,89,111)(H,90,107)(H,91,108)/t34-,47-,48+,55+,58-,60+,61+,62-,63+,64-,65+,66+,67+,68-,70+,71+,79-,80-/m0/s1. The number of fused-ring (bicyclic) bond motifs is 15. The van der Waals surface area contributed by atoms with Crippen LogP contribution in [0.25, 0.3) is 11.1 Å². The minimum absolute atomic E-state index is 0.0483. The summed E-state index contributed by atoms with van der Waals surface area (Å²) in [7, 11) is 4.76. The Kier molecular flexibility index (Phi) is 27.9. The molecule has 7 heterocycles. The van der Waals surface area contributed by atoms with Gasteiger partial charge in [-0.05, 0) is 148 Å². The number of aromatic hydroxyl groups is 3. The van der Waals surface area contributed by atoms with Crippen LogP contribution in [0.15, 0.2) is 103 Å². The van der Waals surface area contributed by atoms with Crippen molar-refractivity contribution in [1.29, 1.82) is 0 Å². The number of nitrogens with two attached hydrogens (primary N) is 1. The minimum Gasteiger partial charge on any atom is -0.508 e. The molecule has 39 heteroatoms. The summed E-state index contributed by atoms with van der Waals surface area (Å²) in [5.41, 5.74) is 2.31. The van der Waals surface area contributed by atoms with Crippen LogP contribution in [0.2, 0.25) is 10.0 Å². The number of hydrogen-bond donors (Lipinski definition) is 18. The SMILES string of the molecule is CN[C@@]1(C)C[C@H](O[C@H]2[C@H](Oc3c4cc5cc3Oc3ccc(cc3Cl)[C@@H](O)[C@@H](NC(=O)[C@@H](CC(C)C)N(C)C)C(=O)N[C@@H](CC(N)=O)C(=O)N[C@H]5C(=O)N[C@H]3C(=O)N[C@H](C(=O)N[C@H](C(=O)OCC(=O)Nc5ccc(CC(C=O)C=O)cc5)c5cc(O)cc(O)c5-c5cc3ccc5O)[C@H](O)c3ccc(c(Cl)c3)O4)O[C@H](CO)[C@@H](O)[C@@H]2O)O[C@@H](C)[C@H]1O. The third kappa shape index (κ3) is 19.9. The van der Waals surface area contributed by atoms with Gasteiger partial charge in [0.15, 0.2) is 36.5 Å². The van der Waals surface area contributed by atoms with E-state index in [1.807, 2.05) is 13.8 Å². The van der Waals surface area contributed by atoms with Gasteiger partial charge in [0.1, 0.15) is 102 Å². The van der Waals surface area contributed by atoms with Crippen LogP contribution in [0.4, 0.5) is 5.69 Å². The fourth-order valence-corrected chi connectivity index (χ4v) is 14.9. The number of ether oxygens (including phenoxy) is 7. The summed E-state index contributed by atoms with van der Waals surface area (Å²) in [5, 5.41) is 125. The summed E-state index contributed by atoms with van der Waals surface area (Å²) in [5.74, 6) is -18.0. The van der Waals surface area contributed by atoms with Gasteiger partial charge in [0.25, 0.3) is 5.91 Å². The number of carbonyl (C=O) groups is 11. The maximum atomic E-state index is 16.3. The van der Waals surface area contributed by atoms with Crippen molar-refractivity contribution >= 4 is 94.7 Å². The highest BCUT2D eigenvalue weighted by Crippen LogP contribution is 2.50. The smallest absolute Gasteiger partial charge is 0.333 e. The Morgan fingerprint density at radius 2 is 1.32 bits per heavy atom. The summed E-state index contributed by atoms with van der Waals surface area (Å²) in [4.78, 5) is 159. The highest BCUT2D eigenvalue weighted by atomic mass is 35.5. The first-order valence-corrected chi connectivity index (χ1v) is 38.3. The summed E-state index contributed by atoms with van der Waals surface area (Å²) >= 11 is 14.3. The highest BCUT2D eigenvalue weighted by Gasteiger charge is 2.52. The molecule has 6 aromatic carbocycles. The van der Waals surface area contributed by atoms with Gasteiger partial charge in [0.2, 0.25) is 53.4 Å². The molecule has 0 saturated carbocycles. The highest BCUT2D eigenvalue weighted by molar-refractivity contribution is 6.32. The molecular weight excluding hydrogens is 1600 g/mol. The maximum Gasteiger partial charge on any atom is 0.333 e. The molecule has 0 aromatic heterocycles. The molecule has 0 unspecified atom stereocenters. The van der Waals surface area contributed by atoms with E-state index < -0.39 is 261 Å². The Labute approximate surface area is 689 Å². The second kappa shape index (κ2) is 37.4. The zero-order valence-corrected chi connectivity index (χ0v) is 66.3. The number of benzene rings is 6. The van der Waals surface area contributed by atoms with Crippen LogP contribution in [0, 0.1) is 11.8 Å². The zero-order valence-electron chi connectivity index (χ0n) is 64.8. The Balaban J connectivity index is 1.11. The summed E-state index contributed by atoms with van der Waals surface area (Å²) in [6.45, 7) is 4.77. The molecule has 2 fully saturated rings. The van der Waals surface area contributed by atoms with Gasteiger partial charge in [0, 0.05) is 40.4 Å². The predicted molar refractivity (Wildman–Crippen MR) is 417 cm³/mol. The lowest BCUT2D eigenvalue weighted by molar-refractivity contribution is -0.334. The van der Waals surface area contributed by atoms with Crippen LogP contribution < -0.4 is 62.5 Å². The predicted octanol–water partition coefficient (Wildman–Crippen LogP) is 1.36. The van der Waals surface area contributed by atoms with E-state index in [9.17, 15) is 74.7 Å². The first kappa shape index (κ1) is 88.6. The molecule has 37 nitrogen and oxygen atoms in total. The Bertz CT molecular complexity index is 4880. The Morgan fingerprint density at radius 3 is 1.92 bits per heavy atom. The second-order valence-corrected chi connectivity index (χ2v) is 31.0. The van der Waals surface area contributed by atoms with Crippen molar-refractivity contribution in [2.24, 2.45) is 17.6 Å². The van der Waals surface area contributed by atoms with Gasteiger partial charge in [-0.15, -0.1) is 0 Å². The average Bonchev–Trinajstić information content (AvgIpc) is 0.765. The molecule has 8 amide bonds. The number of phenolic OH excluding ortho intramolecular Hbond substituents is 3. The normalized spacial score (nSPS) is 26.7. The van der Waals surface area contributed by atoms with Crippen LogP contribution >= 0.6 is 23.2 Å². The molecule has 18 atom stereocenters. The van der Waals surface area contributed by atoms with Crippen molar-refractivity contribution in [3.8, 4) is 57.1 Å². The van der Waals surface area contributed by atoms with E-state index in [2.05, 4.69) is 42.5 Å². The van der Waals surface area contributed by atoms with Crippen LogP contribution in [-0.4, -0.2) is 230 Å². The van der Waals surface area contributed by atoms with E-state index in [4.69, 9.17) is 62.1 Å². The molecule has 13 rings (SSSR count). The first-order valence-electron chi connectivity index (χ1n) is 37.5. The third-order valence-electron chi connectivity index (χ3n) is 20.9. The van der Waals surface area contributed by atoms with E-state index >= 15 is 24.0 Å². The van der Waals surface area contributed by atoms with Crippen molar-refractivity contribution in [3.63, 3.8) is 0 Å². The number of nitrogens with one attached hydrogen (secondary N) is 8. The largest absolute Gasteiger partial charge is 0.508 e. The number of nitrogens with zero attached hydrogens (tertiary/aromatic N) is 1. The Morgan fingerprint density at radius 1 is 0.706 bits per heavy atom. The number of phenols is 3. The number of amides is 8. The van der Waals surface area contributed by atoms with Gasteiger partial charge >= 0.3 is 5.97 Å². The van der Waals surface area contributed by atoms with E-state index in [-0.39, 0.29) is 52.8 Å². The van der Waals surface area contributed by atoms with E-state index in [1.165, 1.54) is 36.4 Å². The van der Waals surface area contributed by atoms with Crippen molar-refractivity contribution < 1.29 is 132 Å². The maximum absolute atomic E-state index is 16.3. The molecule has 19 N–H and O–H groups in total. The molecule has 636 valence electrons. The van der Waals surface area contributed by atoms with Gasteiger partial charge in [0.05, 0.1) is 47.2 Å².